The van der Waals surface area contributed by atoms with Crippen molar-refractivity contribution in [2.24, 2.45) is 10.2 Å². The van der Waals surface area contributed by atoms with E-state index in [1.807, 2.05) is 0 Å². The number of carboxylic acid groups (broad SMARTS) is 1. The normalized spacial score (nSPS) is 14.4. The topological polar surface area (TPSA) is 184 Å². The first-order chi connectivity index (χ1) is 10.4. The number of tetrazole rings is 1. The first-order valence-electron chi connectivity index (χ1n) is 5.84. The van der Waals surface area contributed by atoms with Crippen LogP contribution in [0, 0.1) is 0 Å². The van der Waals surface area contributed by atoms with Gasteiger partial charge in [-0.1, -0.05) is 5.10 Å². The van der Waals surface area contributed by atoms with Crippen LogP contribution in [-0.4, -0.2) is 70.7 Å². The fraction of sp³-hybridized carbons (Fsp3) is 0.571. The van der Waals surface area contributed by atoms with Crippen molar-refractivity contribution in [2.45, 2.75) is 5.88 Å². The number of nitrogens with one attached hydrogen (secondary N) is 2. The molecule has 0 saturated carbocycles. The van der Waals surface area contributed by atoms with Gasteiger partial charge in [0.05, 0.1) is 13.1 Å². The Hall–Kier alpha value is -2.52. The van der Waals surface area contributed by atoms with E-state index < -0.39 is 21.9 Å². The third kappa shape index (κ3) is 4.24. The number of hydrazine groups is 2. The lowest BCUT2D eigenvalue weighted by Crippen LogP contribution is -2.47. The van der Waals surface area contributed by atoms with Gasteiger partial charge in [0.1, 0.15) is 0 Å². The highest BCUT2D eigenvalue weighted by Gasteiger charge is 2.25. The zero-order chi connectivity index (χ0) is 16.2. The number of hydrazone groups is 1. The third-order valence-electron chi connectivity index (χ3n) is 2.33. The van der Waals surface area contributed by atoms with Gasteiger partial charge >= 0.3 is 5.97 Å². The van der Waals surface area contributed by atoms with E-state index in [4.69, 9.17) is 10.2 Å². The number of aromatic nitrogens is 4. The van der Waals surface area contributed by atoms with Crippen molar-refractivity contribution < 1.29 is 18.3 Å². The Bertz CT molecular complexity index is 656. The molecule has 1 aromatic heterocycles. The average molecular weight is 333 g/mol. The van der Waals surface area contributed by atoms with Crippen LogP contribution in [0.3, 0.4) is 0 Å². The lowest BCUT2D eigenvalue weighted by molar-refractivity contribution is -0.135. The summed E-state index contributed by atoms with van der Waals surface area (Å²) in [7, 11) is -3.83. The Kier molecular flexibility index (Phi) is 4.68. The van der Waals surface area contributed by atoms with Crippen molar-refractivity contribution in [2.75, 3.05) is 24.8 Å². The fourth-order valence-corrected chi connectivity index (χ4v) is 2.02. The zero-order valence-corrected chi connectivity index (χ0v) is 11.9. The molecule has 2 heterocycles. The van der Waals surface area contributed by atoms with Gasteiger partial charge < -0.3 is 10.4 Å². The summed E-state index contributed by atoms with van der Waals surface area (Å²) in [6, 6.07) is 0. The minimum atomic E-state index is -3.83. The number of primary sulfonamides is 1. The summed E-state index contributed by atoms with van der Waals surface area (Å²) in [6.45, 7) is 0.400. The van der Waals surface area contributed by atoms with Crippen LogP contribution in [0.2, 0.25) is 0 Å². The number of sulfonamides is 1. The minimum Gasteiger partial charge on any atom is -0.480 e. The Morgan fingerprint density at radius 1 is 1.50 bits per heavy atom. The number of rotatable bonds is 8. The van der Waals surface area contributed by atoms with E-state index >= 15 is 0 Å². The van der Waals surface area contributed by atoms with Crippen molar-refractivity contribution in [3.05, 3.63) is 0 Å². The number of aliphatic carboxylic acids is 1. The number of hydrogen-bond donors (Lipinski definition) is 4. The van der Waals surface area contributed by atoms with Crippen molar-refractivity contribution in [1.29, 1.82) is 0 Å². The van der Waals surface area contributed by atoms with E-state index in [1.54, 1.807) is 0 Å². The molecule has 0 saturated heterocycles. The minimum absolute atomic E-state index is 0.0287. The molecule has 1 radical (unpaired) electrons. The maximum absolute atomic E-state index is 11.1. The van der Waals surface area contributed by atoms with Crippen LogP contribution in [-0.2, 0) is 20.7 Å². The molecule has 1 aliphatic heterocycles. The van der Waals surface area contributed by atoms with Crippen LogP contribution >= 0.6 is 0 Å². The van der Waals surface area contributed by atoms with Crippen LogP contribution in [0.5, 0.6) is 0 Å². The van der Waals surface area contributed by atoms with Crippen LogP contribution in [0.4, 0.5) is 5.95 Å². The van der Waals surface area contributed by atoms with Crippen LogP contribution in [0.15, 0.2) is 5.10 Å². The van der Waals surface area contributed by atoms with Crippen LogP contribution < -0.4 is 21.1 Å². The molecule has 1 aromatic rings. The molecule has 22 heavy (non-hydrogen) atoms. The molecule has 121 valence electrons. The van der Waals surface area contributed by atoms with Crippen molar-refractivity contribution in [3.63, 3.8) is 0 Å². The third-order valence-corrected chi connectivity index (χ3v) is 2.94. The maximum Gasteiger partial charge on any atom is 0.317 e. The van der Waals surface area contributed by atoms with E-state index in [9.17, 15) is 13.2 Å². The number of carboxylic acids is 1. The highest BCUT2D eigenvalue weighted by Crippen LogP contribution is 2.11. The van der Waals surface area contributed by atoms with Gasteiger partial charge in [0.2, 0.25) is 16.4 Å². The van der Waals surface area contributed by atoms with Gasteiger partial charge in [-0.2, -0.15) is 10.2 Å². The van der Waals surface area contributed by atoms with Crippen molar-refractivity contribution >= 4 is 28.3 Å². The summed E-state index contributed by atoms with van der Waals surface area (Å²) in [6.07, 6.45) is 2.57. The second-order valence-corrected chi connectivity index (χ2v) is 5.67. The first kappa shape index (κ1) is 15.9. The van der Waals surface area contributed by atoms with E-state index in [-0.39, 0.29) is 19.0 Å². The summed E-state index contributed by atoms with van der Waals surface area (Å²) < 4.78 is 23.2. The predicted octanol–water partition coefficient (Wildman–Crippen LogP) is -4.04. The second-order valence-electron chi connectivity index (χ2n) is 4.09. The van der Waals surface area contributed by atoms with Gasteiger partial charge in [-0.25, -0.2) is 18.6 Å². The largest absolute Gasteiger partial charge is 0.480 e. The van der Waals surface area contributed by atoms with E-state index in [0.717, 1.165) is 4.68 Å². The SMILES string of the molecule is NS(=O)(=O)Cn1nnnc1N1NN=[C]N1CCNCC(=O)O. The summed E-state index contributed by atoms with van der Waals surface area (Å²) in [5, 5.41) is 33.1. The molecule has 0 bridgehead atoms. The standard InChI is InChI=1S/C7H13N10O4S/c8-22(20,21)5-16-7(11-12-14-16)17-13-10-4-15(17)2-1-9-3-6(18)19/h9,13H,1-3,5H2,(H,18,19)(H2,8,20,21). The molecule has 0 atom stereocenters. The zero-order valence-electron chi connectivity index (χ0n) is 11.1. The summed E-state index contributed by atoms with van der Waals surface area (Å²) in [5.41, 5.74) is 2.52. The van der Waals surface area contributed by atoms with Gasteiger partial charge in [0.15, 0.2) is 5.88 Å². The Morgan fingerprint density at radius 2 is 2.27 bits per heavy atom. The summed E-state index contributed by atoms with van der Waals surface area (Å²) in [5.74, 6) is -1.56. The first-order valence-corrected chi connectivity index (χ1v) is 7.56. The van der Waals surface area contributed by atoms with E-state index in [2.05, 4.69) is 37.8 Å². The van der Waals surface area contributed by atoms with Gasteiger partial charge in [-0.05, 0) is 10.4 Å². The molecule has 5 N–H and O–H groups in total. The smallest absolute Gasteiger partial charge is 0.317 e. The molecule has 14 nitrogen and oxygen atoms in total. The summed E-state index contributed by atoms with van der Waals surface area (Å²) >= 11 is 0. The van der Waals surface area contributed by atoms with E-state index in [1.165, 1.54) is 10.1 Å². The van der Waals surface area contributed by atoms with Gasteiger partial charge in [-0.15, -0.1) is 10.2 Å². The highest BCUT2D eigenvalue weighted by atomic mass is 32.2. The fourth-order valence-electron chi connectivity index (χ4n) is 1.51. The Morgan fingerprint density at radius 3 is 2.95 bits per heavy atom. The molecule has 0 spiro atoms. The molecule has 0 aromatic carbocycles. The molecule has 15 heteroatoms. The molecule has 0 unspecified atom stereocenters. The Balaban J connectivity index is 1.99. The monoisotopic (exact) mass is 333 g/mol. The number of carbonyl (C=O) groups is 1. The van der Waals surface area contributed by atoms with E-state index in [0.29, 0.717) is 6.54 Å². The highest BCUT2D eigenvalue weighted by molar-refractivity contribution is 7.88. The number of nitrogens with zero attached hydrogens (tertiary/aromatic N) is 7. The summed E-state index contributed by atoms with van der Waals surface area (Å²) in [4.78, 5) is 10.4. The average Bonchev–Trinajstić information content (AvgIpc) is 3.00. The Labute approximate surface area is 124 Å². The van der Waals surface area contributed by atoms with Gasteiger partial charge in [0.25, 0.3) is 5.95 Å². The molecule has 2 rings (SSSR count). The second kappa shape index (κ2) is 6.50. The van der Waals surface area contributed by atoms with Gasteiger partial charge in [-0.3, -0.25) is 4.79 Å². The lowest BCUT2D eigenvalue weighted by atomic mass is 10.5. The molecule has 1 aliphatic rings. The van der Waals surface area contributed by atoms with Crippen molar-refractivity contribution in [1.82, 2.24) is 36.1 Å². The van der Waals surface area contributed by atoms with Gasteiger partial charge in [0, 0.05) is 6.54 Å². The molecule has 0 amide bonds. The lowest BCUT2D eigenvalue weighted by Gasteiger charge is -2.25. The molecule has 0 fully saturated rings. The van der Waals surface area contributed by atoms with Crippen LogP contribution in [0.1, 0.15) is 0 Å². The quantitative estimate of drug-likeness (QED) is 0.339. The maximum atomic E-state index is 11.1. The molecule has 0 aliphatic carbocycles. The van der Waals surface area contributed by atoms with Crippen LogP contribution in [0.25, 0.3) is 0 Å². The van der Waals surface area contributed by atoms with Crippen molar-refractivity contribution in [3.8, 4) is 0 Å². The molecular weight excluding hydrogens is 320 g/mol. The number of hydrogen-bond acceptors (Lipinski definition) is 11. The molecular formula is C7H13N10O4S. The number of nitrogens with two attached hydrogens (primary N) is 1. The predicted molar refractivity (Wildman–Crippen MR) is 71.2 cm³/mol. The number of anilines is 1.